The van der Waals surface area contributed by atoms with E-state index in [-0.39, 0.29) is 49.1 Å². The van der Waals surface area contributed by atoms with Gasteiger partial charge in [0, 0.05) is 28.7 Å². The summed E-state index contributed by atoms with van der Waals surface area (Å²) in [5.74, 6) is -2.32. The van der Waals surface area contributed by atoms with Crippen molar-refractivity contribution < 1.29 is 46.2 Å². The van der Waals surface area contributed by atoms with Crippen LogP contribution in [0, 0.1) is 29.0 Å². The number of carbonyl (C=O) groups is 4. The van der Waals surface area contributed by atoms with Gasteiger partial charge in [0.15, 0.2) is 0 Å². The lowest BCUT2D eigenvalue weighted by Crippen LogP contribution is -2.59. The van der Waals surface area contributed by atoms with Crippen LogP contribution >= 0.6 is 0 Å². The van der Waals surface area contributed by atoms with E-state index in [0.717, 1.165) is 24.6 Å². The maximum absolute atomic E-state index is 15.0. The molecule has 0 unspecified atom stereocenters. The molecule has 0 spiro atoms. The lowest BCUT2D eigenvalue weighted by molar-refractivity contribution is -0.142. The smallest absolute Gasteiger partial charge is 0.407 e. The number of ether oxygens (including phenoxy) is 3. The van der Waals surface area contributed by atoms with Crippen molar-refractivity contribution in [2.24, 2.45) is 23.2 Å². The number of alkyl carbamates (subject to hydrolysis) is 1. The molecule has 5 aliphatic rings. The largest absolute Gasteiger partial charge is 0.497 e. The molecular formula is C46H56FN5O9S. The molecule has 0 radical (unpaired) electrons. The summed E-state index contributed by atoms with van der Waals surface area (Å²) in [6.07, 6.45) is 7.14. The Morgan fingerprint density at radius 2 is 1.76 bits per heavy atom. The number of nitrogens with zero attached hydrogens (tertiary/aromatic N) is 2. The van der Waals surface area contributed by atoms with Gasteiger partial charge in [-0.05, 0) is 124 Å². The third kappa shape index (κ3) is 8.98. The Kier molecular flexibility index (Phi) is 11.5. The van der Waals surface area contributed by atoms with Crippen LogP contribution in [0.1, 0.15) is 85.5 Å². The number of sulfonamides is 1. The molecule has 8 rings (SSSR count). The van der Waals surface area contributed by atoms with Crippen molar-refractivity contribution in [3.63, 3.8) is 0 Å². The van der Waals surface area contributed by atoms with Gasteiger partial charge in [-0.15, -0.1) is 0 Å². The maximum Gasteiger partial charge on any atom is 0.407 e. The van der Waals surface area contributed by atoms with E-state index in [1.165, 1.54) is 17.0 Å². The lowest BCUT2D eigenvalue weighted by Gasteiger charge is -2.32. The summed E-state index contributed by atoms with van der Waals surface area (Å²) in [5.41, 5.74) is -0.540. The summed E-state index contributed by atoms with van der Waals surface area (Å²) in [4.78, 5) is 63.4. The molecular weight excluding hydrogens is 818 g/mol. The Morgan fingerprint density at radius 3 is 2.45 bits per heavy atom. The molecule has 2 aliphatic heterocycles. The Hall–Kier alpha value is -5.25. The highest BCUT2D eigenvalue weighted by Gasteiger charge is 2.63. The molecule has 7 atom stereocenters. The third-order valence-electron chi connectivity index (χ3n) is 13.6. The first-order valence-electron chi connectivity index (χ1n) is 21.6. The van der Waals surface area contributed by atoms with Crippen molar-refractivity contribution in [3.05, 3.63) is 66.5 Å². The lowest BCUT2D eigenvalue weighted by atomic mass is 9.88. The van der Waals surface area contributed by atoms with Gasteiger partial charge in [0.25, 0.3) is 5.91 Å². The molecule has 1 saturated heterocycles. The van der Waals surface area contributed by atoms with Crippen LogP contribution in [0.15, 0.2) is 60.7 Å². The standard InChI is InChI=1S/C46H56FN5O9S/c1-27-8-6-7-9-31-24-46(31,42(55)51-62(57,58)45(4)18-19-45)50-39(53)37-23-34(25-52(37)41(54)38(28(2)20-27)49-43(56)60-26-44(3)16-17-44)61-40-35-15-14-33(59-5)21-30(35)22-36(48-40)29-10-12-32(47)13-11-29/h7,9-15,21-22,27-28,31,34,37-38H,6,8,16-20,23-26H2,1-5H3,(H,49,56)(H,50,53)(H,51,55)/b9-7-/t27-,28+,31+,34+,37-,38-,46+/m0/s1. The highest BCUT2D eigenvalue weighted by molar-refractivity contribution is 7.91. The molecule has 62 heavy (non-hydrogen) atoms. The number of pyridine rings is 1. The number of methoxy groups -OCH3 is 1. The predicted molar refractivity (Wildman–Crippen MR) is 229 cm³/mol. The minimum Gasteiger partial charge on any atom is -0.497 e. The molecule has 0 bridgehead atoms. The molecule has 3 aliphatic carbocycles. The minimum absolute atomic E-state index is 0.0213. The number of amides is 4. The second-order valence-corrected chi connectivity index (χ2v) is 21.1. The average molecular weight is 874 g/mol. The fraction of sp³-hybridized carbons (Fsp3) is 0.543. The van der Waals surface area contributed by atoms with Crippen molar-refractivity contribution in [2.75, 3.05) is 20.3 Å². The normalized spacial score (nSPS) is 29.4. The fourth-order valence-electron chi connectivity index (χ4n) is 8.71. The van der Waals surface area contributed by atoms with E-state index >= 15 is 4.79 Å². The number of halogens is 1. The Balaban J connectivity index is 1.14. The Bertz CT molecular complexity index is 2400. The van der Waals surface area contributed by atoms with E-state index in [1.807, 2.05) is 38.1 Å². The first kappa shape index (κ1) is 43.4. The van der Waals surface area contributed by atoms with E-state index in [2.05, 4.69) is 22.3 Å². The second-order valence-electron chi connectivity index (χ2n) is 18.9. The number of benzene rings is 2. The first-order valence-corrected chi connectivity index (χ1v) is 23.1. The number of nitrogens with one attached hydrogen (secondary N) is 3. The van der Waals surface area contributed by atoms with E-state index in [0.29, 0.717) is 48.1 Å². The highest BCUT2D eigenvalue weighted by atomic mass is 32.2. The van der Waals surface area contributed by atoms with Gasteiger partial charge in [-0.1, -0.05) is 32.9 Å². The van der Waals surface area contributed by atoms with Crippen molar-refractivity contribution in [3.8, 4) is 22.9 Å². The number of rotatable bonds is 10. The quantitative estimate of drug-likeness (QED) is 0.199. The molecule has 3 saturated carbocycles. The van der Waals surface area contributed by atoms with Crippen LogP contribution in [-0.2, 0) is 29.1 Å². The number of aromatic nitrogens is 1. The van der Waals surface area contributed by atoms with Crippen LogP contribution in [0.25, 0.3) is 22.0 Å². The first-order chi connectivity index (χ1) is 29.4. The van der Waals surface area contributed by atoms with Gasteiger partial charge >= 0.3 is 6.09 Å². The summed E-state index contributed by atoms with van der Waals surface area (Å²) >= 11 is 0. The van der Waals surface area contributed by atoms with Crippen LogP contribution in [0.2, 0.25) is 0 Å². The SMILES string of the molecule is COc1ccc2c(O[C@@H]3C[C@H]4C(=O)N[C@]5(C(=O)NS(=O)(=O)C6(C)CC6)C[C@H]5/C=C\CC[C@H](C)C[C@@H](C)[C@H](NC(=O)OCC5(C)CC5)C(=O)N4C3)nc(-c3ccc(F)cc3)cc2c1. The van der Waals surface area contributed by atoms with Gasteiger partial charge in [-0.25, -0.2) is 22.6 Å². The van der Waals surface area contributed by atoms with Crippen molar-refractivity contribution in [1.29, 1.82) is 0 Å². The van der Waals surface area contributed by atoms with Crippen LogP contribution in [0.5, 0.6) is 11.6 Å². The zero-order valence-corrected chi connectivity index (χ0v) is 36.7. The fourth-order valence-corrected chi connectivity index (χ4v) is 10.0. The molecule has 4 fully saturated rings. The minimum atomic E-state index is -4.04. The zero-order valence-electron chi connectivity index (χ0n) is 35.9. The van der Waals surface area contributed by atoms with Gasteiger partial charge in [0.1, 0.15) is 35.3 Å². The van der Waals surface area contributed by atoms with Gasteiger partial charge < -0.3 is 29.7 Å². The van der Waals surface area contributed by atoms with Gasteiger partial charge in [0.05, 0.1) is 30.7 Å². The molecule has 1 aromatic heterocycles. The molecule has 332 valence electrons. The van der Waals surface area contributed by atoms with Gasteiger partial charge in [-0.3, -0.25) is 19.1 Å². The number of allylic oxidation sites excluding steroid dienone is 1. The number of fused-ring (bicyclic) bond motifs is 3. The molecule has 4 amide bonds. The number of hydrogen-bond donors (Lipinski definition) is 3. The molecule has 3 heterocycles. The number of hydrogen-bond acceptors (Lipinski definition) is 10. The van der Waals surface area contributed by atoms with Crippen LogP contribution in [0.3, 0.4) is 0 Å². The molecule has 14 nitrogen and oxygen atoms in total. The van der Waals surface area contributed by atoms with Crippen LogP contribution in [0.4, 0.5) is 9.18 Å². The molecule has 16 heteroatoms. The summed E-state index contributed by atoms with van der Waals surface area (Å²) in [6, 6.07) is 10.8. The van der Waals surface area contributed by atoms with E-state index in [9.17, 15) is 27.2 Å². The zero-order chi connectivity index (χ0) is 44.2. The predicted octanol–water partition coefficient (Wildman–Crippen LogP) is 6.18. The monoisotopic (exact) mass is 873 g/mol. The Morgan fingerprint density at radius 1 is 1.02 bits per heavy atom. The van der Waals surface area contributed by atoms with Crippen molar-refractivity contribution in [2.45, 2.75) is 114 Å². The summed E-state index contributed by atoms with van der Waals surface area (Å²) in [5, 5.41) is 7.12. The highest BCUT2D eigenvalue weighted by Crippen LogP contribution is 2.48. The summed E-state index contributed by atoms with van der Waals surface area (Å²) < 4.78 is 59.6. The third-order valence-corrected chi connectivity index (χ3v) is 15.8. The molecule has 3 N–H and O–H groups in total. The van der Waals surface area contributed by atoms with Gasteiger partial charge in [-0.2, -0.15) is 0 Å². The topological polar surface area (TPSA) is 182 Å². The van der Waals surface area contributed by atoms with Crippen molar-refractivity contribution >= 4 is 44.6 Å². The Labute approximate surface area is 361 Å². The van der Waals surface area contributed by atoms with Crippen LogP contribution < -0.4 is 24.8 Å². The molecule has 3 aromatic rings. The van der Waals surface area contributed by atoms with E-state index in [4.69, 9.17) is 19.2 Å². The van der Waals surface area contributed by atoms with Crippen molar-refractivity contribution in [1.82, 2.24) is 25.2 Å². The van der Waals surface area contributed by atoms with E-state index < -0.39 is 74.0 Å². The summed E-state index contributed by atoms with van der Waals surface area (Å²) in [7, 11) is -2.48. The second kappa shape index (κ2) is 16.5. The maximum atomic E-state index is 15.0. The number of carbonyl (C=O) groups excluding carboxylic acids is 4. The summed E-state index contributed by atoms with van der Waals surface area (Å²) in [6.45, 7) is 7.72. The van der Waals surface area contributed by atoms with Gasteiger partial charge in [0.2, 0.25) is 27.7 Å². The van der Waals surface area contributed by atoms with E-state index in [1.54, 1.807) is 38.3 Å². The van der Waals surface area contributed by atoms with Crippen LogP contribution in [-0.4, -0.2) is 90.9 Å². The average Bonchev–Trinajstić information content (AvgIpc) is 4.20. The molecule has 2 aromatic carbocycles.